The fourth-order valence-electron chi connectivity index (χ4n) is 2.03. The Bertz CT molecular complexity index is 461. The van der Waals surface area contributed by atoms with Crippen molar-refractivity contribution < 1.29 is 9.53 Å². The number of nitrogens with two attached hydrogens (primary N) is 2. The van der Waals surface area contributed by atoms with Crippen molar-refractivity contribution in [3.8, 4) is 5.75 Å². The van der Waals surface area contributed by atoms with E-state index in [0.717, 1.165) is 26.9 Å². The van der Waals surface area contributed by atoms with E-state index in [1.165, 1.54) is 0 Å². The molecule has 0 bridgehead atoms. The highest BCUT2D eigenvalue weighted by Crippen LogP contribution is 2.36. The molecule has 1 aromatic carbocycles. The van der Waals surface area contributed by atoms with Gasteiger partial charge in [-0.25, -0.2) is 0 Å². The molecule has 0 aromatic heterocycles. The van der Waals surface area contributed by atoms with Gasteiger partial charge >= 0.3 is 0 Å². The van der Waals surface area contributed by atoms with Gasteiger partial charge in [-0.3, -0.25) is 4.79 Å². The summed E-state index contributed by atoms with van der Waals surface area (Å²) in [5.74, 6) is 0.446. The largest absolute Gasteiger partial charge is 0.496 e. The maximum atomic E-state index is 10.8. The molecule has 5 heteroatoms. The average molecular weight is 315 g/mol. The van der Waals surface area contributed by atoms with E-state index in [4.69, 9.17) is 16.2 Å². The van der Waals surface area contributed by atoms with Crippen LogP contribution in [0.5, 0.6) is 5.75 Å². The Morgan fingerprint density at radius 2 is 2.11 bits per heavy atom. The van der Waals surface area contributed by atoms with Crippen molar-refractivity contribution in [3.05, 3.63) is 27.2 Å². The zero-order valence-corrected chi connectivity index (χ0v) is 12.5. The molecule has 0 radical (unpaired) electrons. The minimum absolute atomic E-state index is 0.261. The number of ether oxygens (including phenoxy) is 1. The Kier molecular flexibility index (Phi) is 5.16. The van der Waals surface area contributed by atoms with Crippen LogP contribution in [0.15, 0.2) is 10.5 Å². The Morgan fingerprint density at radius 1 is 1.50 bits per heavy atom. The zero-order chi connectivity index (χ0) is 13.9. The molecule has 0 heterocycles. The molecule has 1 rings (SSSR count). The third-order valence-corrected chi connectivity index (χ3v) is 3.81. The van der Waals surface area contributed by atoms with E-state index >= 15 is 0 Å². The molecular formula is C13H19BrN2O2. The molecule has 4 nitrogen and oxygen atoms in total. The van der Waals surface area contributed by atoms with Gasteiger partial charge in [0.1, 0.15) is 5.75 Å². The van der Waals surface area contributed by atoms with Crippen LogP contribution in [-0.4, -0.2) is 13.0 Å². The van der Waals surface area contributed by atoms with E-state index < -0.39 is 0 Å². The van der Waals surface area contributed by atoms with Gasteiger partial charge in [0.25, 0.3) is 0 Å². The number of carbonyl (C=O) groups is 1. The first-order valence-electron chi connectivity index (χ1n) is 5.76. The Labute approximate surface area is 116 Å². The van der Waals surface area contributed by atoms with Gasteiger partial charge in [0.05, 0.1) is 7.11 Å². The van der Waals surface area contributed by atoms with Crippen LogP contribution in [0, 0.1) is 13.8 Å². The highest BCUT2D eigenvalue weighted by atomic mass is 79.9. The number of halogens is 1. The zero-order valence-electron chi connectivity index (χ0n) is 10.9. The van der Waals surface area contributed by atoms with Crippen LogP contribution in [0.2, 0.25) is 0 Å². The van der Waals surface area contributed by atoms with Crippen molar-refractivity contribution >= 4 is 21.8 Å². The summed E-state index contributed by atoms with van der Waals surface area (Å²) in [5, 5.41) is 0. The van der Waals surface area contributed by atoms with Crippen molar-refractivity contribution in [2.75, 3.05) is 7.11 Å². The first-order valence-corrected chi connectivity index (χ1v) is 6.55. The summed E-state index contributed by atoms with van der Waals surface area (Å²) in [4.78, 5) is 10.8. The van der Waals surface area contributed by atoms with Crippen molar-refractivity contribution in [2.45, 2.75) is 32.7 Å². The lowest BCUT2D eigenvalue weighted by Crippen LogP contribution is -2.18. The fraction of sp³-hybridized carbons (Fsp3) is 0.462. The number of aryl methyl sites for hydroxylation is 1. The predicted octanol–water partition coefficient (Wildman–Crippen LogP) is 2.34. The predicted molar refractivity (Wildman–Crippen MR) is 75.5 cm³/mol. The van der Waals surface area contributed by atoms with E-state index in [0.29, 0.717) is 6.42 Å². The van der Waals surface area contributed by atoms with Crippen LogP contribution in [0.1, 0.15) is 35.6 Å². The number of rotatable bonds is 5. The van der Waals surface area contributed by atoms with Crippen LogP contribution >= 0.6 is 15.9 Å². The molecule has 0 fully saturated rings. The molecule has 18 heavy (non-hydrogen) atoms. The minimum Gasteiger partial charge on any atom is -0.496 e. The number of methoxy groups -OCH3 is 1. The topological polar surface area (TPSA) is 78.3 Å². The van der Waals surface area contributed by atoms with Crippen LogP contribution < -0.4 is 16.2 Å². The lowest BCUT2D eigenvalue weighted by atomic mass is 9.95. The van der Waals surface area contributed by atoms with Gasteiger partial charge in [0.2, 0.25) is 5.91 Å². The van der Waals surface area contributed by atoms with Crippen molar-refractivity contribution in [2.24, 2.45) is 11.5 Å². The number of benzene rings is 1. The van der Waals surface area contributed by atoms with Gasteiger partial charge in [0.15, 0.2) is 0 Å². The highest BCUT2D eigenvalue weighted by molar-refractivity contribution is 9.10. The van der Waals surface area contributed by atoms with Crippen LogP contribution in [0.4, 0.5) is 0 Å². The Morgan fingerprint density at radius 3 is 2.61 bits per heavy atom. The summed E-state index contributed by atoms with van der Waals surface area (Å²) >= 11 is 3.51. The standard InChI is InChI=1S/C13H19BrN2O2/c1-7-6-9(14)8(2)12(13(7)18-3)10(15)4-5-11(16)17/h6,10H,4-5,15H2,1-3H3,(H2,16,17). The van der Waals surface area contributed by atoms with Gasteiger partial charge in [0, 0.05) is 22.5 Å². The summed E-state index contributed by atoms with van der Waals surface area (Å²) < 4.78 is 6.41. The second-order valence-corrected chi connectivity index (χ2v) is 5.21. The molecule has 4 N–H and O–H groups in total. The first kappa shape index (κ1) is 15.0. The van der Waals surface area contributed by atoms with Gasteiger partial charge in [-0.05, 0) is 37.5 Å². The smallest absolute Gasteiger partial charge is 0.217 e. The molecular weight excluding hydrogens is 296 g/mol. The summed E-state index contributed by atoms with van der Waals surface area (Å²) in [6.45, 7) is 3.94. The third kappa shape index (κ3) is 3.23. The fourth-order valence-corrected chi connectivity index (χ4v) is 2.59. The quantitative estimate of drug-likeness (QED) is 0.875. The molecule has 1 atom stereocenters. The highest BCUT2D eigenvalue weighted by Gasteiger charge is 2.19. The van der Waals surface area contributed by atoms with E-state index in [1.54, 1.807) is 7.11 Å². The Hall–Kier alpha value is -1.07. The normalized spacial score (nSPS) is 12.3. The molecule has 1 amide bonds. The lowest BCUT2D eigenvalue weighted by Gasteiger charge is -2.20. The number of carbonyl (C=O) groups excluding carboxylic acids is 1. The molecule has 0 saturated carbocycles. The summed E-state index contributed by atoms with van der Waals surface area (Å²) in [6.07, 6.45) is 0.789. The van der Waals surface area contributed by atoms with Crippen LogP contribution in [0.3, 0.4) is 0 Å². The van der Waals surface area contributed by atoms with E-state index in [2.05, 4.69) is 15.9 Å². The second kappa shape index (κ2) is 6.20. The maximum absolute atomic E-state index is 10.8. The van der Waals surface area contributed by atoms with Crippen molar-refractivity contribution in [3.63, 3.8) is 0 Å². The Balaban J connectivity index is 3.16. The maximum Gasteiger partial charge on any atom is 0.217 e. The average Bonchev–Trinajstić information content (AvgIpc) is 2.30. The second-order valence-electron chi connectivity index (χ2n) is 4.36. The SMILES string of the molecule is COc1c(C)cc(Br)c(C)c1C(N)CCC(N)=O. The van der Waals surface area contributed by atoms with E-state index in [9.17, 15) is 4.79 Å². The molecule has 0 aliphatic rings. The number of hydrogen-bond donors (Lipinski definition) is 2. The molecule has 0 aliphatic carbocycles. The summed E-state index contributed by atoms with van der Waals surface area (Å²) in [5.41, 5.74) is 14.3. The first-order chi connectivity index (χ1) is 8.38. The molecule has 100 valence electrons. The van der Waals surface area contributed by atoms with Crippen molar-refractivity contribution in [1.82, 2.24) is 0 Å². The van der Waals surface area contributed by atoms with E-state index in [-0.39, 0.29) is 18.4 Å². The van der Waals surface area contributed by atoms with Crippen molar-refractivity contribution in [1.29, 1.82) is 0 Å². The van der Waals surface area contributed by atoms with Gasteiger partial charge in [-0.1, -0.05) is 15.9 Å². The molecule has 1 unspecified atom stereocenters. The van der Waals surface area contributed by atoms with E-state index in [1.807, 2.05) is 19.9 Å². The molecule has 0 saturated heterocycles. The van der Waals surface area contributed by atoms with Crippen LogP contribution in [-0.2, 0) is 4.79 Å². The molecule has 0 aliphatic heterocycles. The van der Waals surface area contributed by atoms with Gasteiger partial charge in [-0.2, -0.15) is 0 Å². The summed E-state index contributed by atoms with van der Waals surface area (Å²) in [6, 6.07) is 1.74. The number of amides is 1. The monoisotopic (exact) mass is 314 g/mol. The third-order valence-electron chi connectivity index (χ3n) is 2.98. The summed E-state index contributed by atoms with van der Waals surface area (Å²) in [7, 11) is 1.62. The van der Waals surface area contributed by atoms with Crippen LogP contribution in [0.25, 0.3) is 0 Å². The molecule has 1 aromatic rings. The number of primary amides is 1. The van der Waals surface area contributed by atoms with Gasteiger partial charge in [-0.15, -0.1) is 0 Å². The minimum atomic E-state index is -0.339. The molecule has 0 spiro atoms. The number of hydrogen-bond acceptors (Lipinski definition) is 3. The lowest BCUT2D eigenvalue weighted by molar-refractivity contribution is -0.118. The van der Waals surface area contributed by atoms with Gasteiger partial charge < -0.3 is 16.2 Å².